The van der Waals surface area contributed by atoms with E-state index in [-0.39, 0.29) is 29.8 Å². The van der Waals surface area contributed by atoms with Crippen molar-refractivity contribution in [2.45, 2.75) is 28.9 Å². The minimum atomic E-state index is -1.84. The number of furan rings is 1. The molecule has 0 fully saturated rings. The first-order chi connectivity index (χ1) is 16.0. The average molecular weight is 472 g/mol. The summed E-state index contributed by atoms with van der Waals surface area (Å²) in [5.74, 6) is -1.02. The molecule has 0 aliphatic carbocycles. The van der Waals surface area contributed by atoms with Gasteiger partial charge < -0.3 is 13.9 Å². The summed E-state index contributed by atoms with van der Waals surface area (Å²) in [7, 11) is 0. The number of halogens is 2. The lowest BCUT2D eigenvalue weighted by Gasteiger charge is -2.28. The largest absolute Gasteiger partial charge is 0.459 e. The van der Waals surface area contributed by atoms with Crippen molar-refractivity contribution in [3.63, 3.8) is 0 Å². The Morgan fingerprint density at radius 3 is 2.73 bits per heavy atom. The van der Waals surface area contributed by atoms with Gasteiger partial charge in [0.1, 0.15) is 34.9 Å². The molecule has 0 aliphatic rings. The highest BCUT2D eigenvalue weighted by molar-refractivity contribution is 7.99. The molecule has 0 saturated carbocycles. The molecule has 1 unspecified atom stereocenters. The first kappa shape index (κ1) is 21.0. The highest BCUT2D eigenvalue weighted by Crippen LogP contribution is 2.30. The molecule has 0 amide bonds. The van der Waals surface area contributed by atoms with E-state index in [4.69, 9.17) is 8.83 Å². The van der Waals surface area contributed by atoms with Crippen molar-refractivity contribution in [2.24, 2.45) is 0 Å². The maximum absolute atomic E-state index is 14.6. The Hall–Kier alpha value is -3.91. The van der Waals surface area contributed by atoms with Gasteiger partial charge in [-0.3, -0.25) is 0 Å². The molecule has 4 aromatic heterocycles. The molecule has 1 aromatic carbocycles. The SMILES string of the molecule is OC(Cn1cncn1)(Cn1cc(Sc2nnc(-c3ccco3)o2)nn1)c1ccc(F)cc1F. The Balaban J connectivity index is 1.37. The summed E-state index contributed by atoms with van der Waals surface area (Å²) in [6.45, 7) is -0.363. The molecule has 0 radical (unpaired) electrons. The first-order valence-electron chi connectivity index (χ1n) is 9.44. The van der Waals surface area contributed by atoms with Gasteiger partial charge in [-0.2, -0.15) is 5.10 Å². The third-order valence-corrected chi connectivity index (χ3v) is 5.33. The van der Waals surface area contributed by atoms with Crippen molar-refractivity contribution in [3.05, 3.63) is 72.6 Å². The van der Waals surface area contributed by atoms with Gasteiger partial charge in [0, 0.05) is 11.6 Å². The lowest BCUT2D eigenvalue weighted by Crippen LogP contribution is -2.37. The van der Waals surface area contributed by atoms with Gasteiger partial charge in [0.25, 0.3) is 11.1 Å². The highest BCUT2D eigenvalue weighted by atomic mass is 32.2. The van der Waals surface area contributed by atoms with Gasteiger partial charge in [-0.05, 0) is 30.0 Å². The zero-order valence-electron chi connectivity index (χ0n) is 16.6. The van der Waals surface area contributed by atoms with Crippen LogP contribution in [0.4, 0.5) is 8.78 Å². The van der Waals surface area contributed by atoms with Crippen LogP contribution < -0.4 is 0 Å². The predicted octanol–water partition coefficient (Wildman–Crippen LogP) is 2.53. The molecule has 11 nitrogen and oxygen atoms in total. The summed E-state index contributed by atoms with van der Waals surface area (Å²) < 4.78 is 41.4. The van der Waals surface area contributed by atoms with Crippen molar-refractivity contribution < 1.29 is 22.7 Å². The smallest absolute Gasteiger partial charge is 0.284 e. The monoisotopic (exact) mass is 472 g/mol. The van der Waals surface area contributed by atoms with Crippen LogP contribution in [0.5, 0.6) is 0 Å². The van der Waals surface area contributed by atoms with E-state index in [9.17, 15) is 13.9 Å². The minimum absolute atomic E-state index is 0.121. The molecule has 4 heterocycles. The summed E-state index contributed by atoms with van der Waals surface area (Å²) in [6.07, 6.45) is 5.67. The average Bonchev–Trinajstić information content (AvgIpc) is 3.57. The van der Waals surface area contributed by atoms with Crippen LogP contribution >= 0.6 is 11.8 Å². The minimum Gasteiger partial charge on any atom is -0.459 e. The van der Waals surface area contributed by atoms with E-state index in [2.05, 4.69) is 30.6 Å². The van der Waals surface area contributed by atoms with Gasteiger partial charge in [0.15, 0.2) is 5.76 Å². The standard InChI is InChI=1S/C19H14F2N8O3S/c20-12-3-4-13(14(21)6-12)19(30,9-29-11-22-10-23-29)8-28-7-16(24-27-28)33-18-26-25-17(32-18)15-2-1-5-31-15/h1-7,10-11,30H,8-9H2. The quantitative estimate of drug-likeness (QED) is 0.359. The van der Waals surface area contributed by atoms with Crippen LogP contribution in [0, 0.1) is 11.6 Å². The number of hydrogen-bond acceptors (Lipinski definition) is 10. The molecule has 0 aliphatic heterocycles. The Labute approximate surface area is 188 Å². The van der Waals surface area contributed by atoms with Crippen molar-refractivity contribution in [3.8, 4) is 11.7 Å². The summed E-state index contributed by atoms with van der Waals surface area (Å²) in [4.78, 5) is 3.83. The lowest BCUT2D eigenvalue weighted by atomic mass is 9.93. The normalized spacial score (nSPS) is 13.3. The van der Waals surface area contributed by atoms with Crippen LogP contribution in [0.2, 0.25) is 0 Å². The van der Waals surface area contributed by atoms with E-state index in [1.54, 1.807) is 12.1 Å². The van der Waals surface area contributed by atoms with E-state index in [1.807, 2.05) is 0 Å². The van der Waals surface area contributed by atoms with Crippen LogP contribution in [0.15, 0.2) is 74.5 Å². The summed E-state index contributed by atoms with van der Waals surface area (Å²) in [5.41, 5.74) is -1.96. The van der Waals surface area contributed by atoms with E-state index >= 15 is 0 Å². The Bertz CT molecular complexity index is 1360. The molecule has 0 bridgehead atoms. The molecular weight excluding hydrogens is 458 g/mol. The number of benzene rings is 1. The fraction of sp³-hybridized carbons (Fsp3) is 0.158. The van der Waals surface area contributed by atoms with Crippen LogP contribution in [-0.4, -0.2) is 45.1 Å². The maximum atomic E-state index is 14.6. The lowest BCUT2D eigenvalue weighted by molar-refractivity contribution is -0.00893. The van der Waals surface area contributed by atoms with Crippen molar-refractivity contribution >= 4 is 11.8 Å². The molecule has 0 spiro atoms. The van der Waals surface area contributed by atoms with Crippen molar-refractivity contribution in [1.82, 2.24) is 40.0 Å². The highest BCUT2D eigenvalue weighted by Gasteiger charge is 2.35. The van der Waals surface area contributed by atoms with Crippen LogP contribution in [0.25, 0.3) is 11.7 Å². The molecule has 1 atom stereocenters. The molecule has 0 saturated heterocycles. The van der Waals surface area contributed by atoms with Gasteiger partial charge in [-0.25, -0.2) is 23.1 Å². The zero-order chi connectivity index (χ0) is 22.8. The van der Waals surface area contributed by atoms with E-state index in [0.29, 0.717) is 16.9 Å². The summed E-state index contributed by atoms with van der Waals surface area (Å²) >= 11 is 1.05. The van der Waals surface area contributed by atoms with Crippen LogP contribution in [-0.2, 0) is 18.7 Å². The zero-order valence-corrected chi connectivity index (χ0v) is 17.4. The van der Waals surface area contributed by atoms with E-state index in [0.717, 1.165) is 17.8 Å². The third kappa shape index (κ3) is 4.51. The Morgan fingerprint density at radius 2 is 1.97 bits per heavy atom. The van der Waals surface area contributed by atoms with E-state index < -0.39 is 17.2 Å². The van der Waals surface area contributed by atoms with Gasteiger partial charge in [0.05, 0.1) is 25.5 Å². The number of nitrogens with zero attached hydrogens (tertiary/aromatic N) is 8. The fourth-order valence-electron chi connectivity index (χ4n) is 3.18. The number of aromatic nitrogens is 8. The number of rotatable bonds is 8. The second-order valence-corrected chi connectivity index (χ2v) is 7.93. The Morgan fingerprint density at radius 1 is 1.09 bits per heavy atom. The van der Waals surface area contributed by atoms with Crippen LogP contribution in [0.1, 0.15) is 5.56 Å². The molecule has 33 heavy (non-hydrogen) atoms. The molecular formula is C19H14F2N8O3S. The predicted molar refractivity (Wildman–Crippen MR) is 106 cm³/mol. The van der Waals surface area contributed by atoms with E-state index in [1.165, 1.54) is 40.5 Å². The second kappa shape index (κ2) is 8.55. The molecule has 1 N–H and O–H groups in total. The number of aliphatic hydroxyl groups is 1. The van der Waals surface area contributed by atoms with Gasteiger partial charge >= 0.3 is 0 Å². The molecule has 5 rings (SSSR count). The molecule has 168 valence electrons. The summed E-state index contributed by atoms with van der Waals surface area (Å²) in [5, 5.41) is 31.8. The molecule has 5 aromatic rings. The van der Waals surface area contributed by atoms with Gasteiger partial charge in [-0.1, -0.05) is 11.3 Å². The van der Waals surface area contributed by atoms with Crippen molar-refractivity contribution in [2.75, 3.05) is 0 Å². The van der Waals surface area contributed by atoms with Gasteiger partial charge in [0.2, 0.25) is 0 Å². The van der Waals surface area contributed by atoms with Crippen LogP contribution in [0.3, 0.4) is 0 Å². The topological polar surface area (TPSA) is 134 Å². The Kier molecular flexibility index (Phi) is 5.43. The summed E-state index contributed by atoms with van der Waals surface area (Å²) in [6, 6.07) is 6.34. The number of hydrogen-bond donors (Lipinski definition) is 1. The fourth-order valence-corrected chi connectivity index (χ4v) is 3.82. The molecule has 14 heteroatoms. The van der Waals surface area contributed by atoms with Gasteiger partial charge in [-0.15, -0.1) is 15.3 Å². The maximum Gasteiger partial charge on any atom is 0.284 e. The van der Waals surface area contributed by atoms with Crippen molar-refractivity contribution in [1.29, 1.82) is 0 Å². The third-order valence-electron chi connectivity index (χ3n) is 4.59. The first-order valence-corrected chi connectivity index (χ1v) is 10.3. The second-order valence-electron chi connectivity index (χ2n) is 6.96.